The zero-order chi connectivity index (χ0) is 19.2. The van der Waals surface area contributed by atoms with Gasteiger partial charge in [-0.05, 0) is 54.3 Å². The molecule has 1 amide bonds. The number of hydrogen-bond acceptors (Lipinski definition) is 5. The second kappa shape index (κ2) is 8.95. The number of carbonyl (C=O) groups is 3. The van der Waals surface area contributed by atoms with Crippen LogP contribution in [0.4, 0.5) is 0 Å². The first-order chi connectivity index (χ1) is 13.0. The van der Waals surface area contributed by atoms with Crippen molar-refractivity contribution >= 4 is 29.0 Å². The van der Waals surface area contributed by atoms with E-state index in [-0.39, 0.29) is 24.7 Å². The van der Waals surface area contributed by atoms with Gasteiger partial charge < -0.3 is 10.1 Å². The Bertz CT molecular complexity index is 829. The van der Waals surface area contributed by atoms with E-state index in [1.54, 1.807) is 0 Å². The van der Waals surface area contributed by atoms with Crippen LogP contribution in [-0.4, -0.2) is 24.3 Å². The molecular formula is C21H23NO4S. The molecule has 1 aromatic heterocycles. The van der Waals surface area contributed by atoms with Gasteiger partial charge in [0.15, 0.2) is 12.4 Å². The summed E-state index contributed by atoms with van der Waals surface area (Å²) in [6.45, 7) is 1.13. The summed E-state index contributed by atoms with van der Waals surface area (Å²) in [5, 5.41) is 4.64. The number of nitrogens with one attached hydrogen (secondary N) is 1. The molecule has 2 aromatic rings. The molecule has 0 saturated heterocycles. The molecule has 0 bridgehead atoms. The molecule has 0 saturated carbocycles. The minimum Gasteiger partial charge on any atom is -0.457 e. The number of hydrogen-bond donors (Lipinski definition) is 1. The summed E-state index contributed by atoms with van der Waals surface area (Å²) in [6.07, 6.45) is 4.39. The average molecular weight is 385 g/mol. The second-order valence-corrected chi connectivity index (χ2v) is 7.73. The van der Waals surface area contributed by atoms with Crippen LogP contribution in [0, 0.1) is 0 Å². The van der Waals surface area contributed by atoms with E-state index in [1.165, 1.54) is 35.8 Å². The lowest BCUT2D eigenvalue weighted by Crippen LogP contribution is -2.28. The number of esters is 1. The van der Waals surface area contributed by atoms with Gasteiger partial charge in [-0.3, -0.25) is 14.4 Å². The van der Waals surface area contributed by atoms with E-state index in [0.29, 0.717) is 5.56 Å². The summed E-state index contributed by atoms with van der Waals surface area (Å²) < 4.78 is 5.18. The van der Waals surface area contributed by atoms with Gasteiger partial charge in [-0.2, -0.15) is 0 Å². The Morgan fingerprint density at radius 1 is 1.15 bits per heavy atom. The number of benzene rings is 1. The molecular weight excluding hydrogens is 362 g/mol. The van der Waals surface area contributed by atoms with Crippen molar-refractivity contribution in [1.29, 1.82) is 0 Å². The van der Waals surface area contributed by atoms with Crippen LogP contribution < -0.4 is 5.32 Å². The molecule has 5 nitrogen and oxygen atoms in total. The Hall–Kier alpha value is -2.47. The van der Waals surface area contributed by atoms with E-state index in [2.05, 4.69) is 5.32 Å². The Morgan fingerprint density at radius 2 is 1.93 bits per heavy atom. The van der Waals surface area contributed by atoms with Crippen molar-refractivity contribution < 1.29 is 19.1 Å². The number of ether oxygens (including phenoxy) is 1. The molecule has 0 radical (unpaired) electrons. The highest BCUT2D eigenvalue weighted by atomic mass is 32.1. The Labute approximate surface area is 162 Å². The number of fused-ring (bicyclic) bond motifs is 1. The average Bonchev–Trinajstić information content (AvgIpc) is 3.19. The fraction of sp³-hybridized carbons (Fsp3) is 0.381. The van der Waals surface area contributed by atoms with Crippen LogP contribution in [0.15, 0.2) is 35.7 Å². The second-order valence-electron chi connectivity index (χ2n) is 6.75. The molecule has 0 fully saturated rings. The zero-order valence-electron chi connectivity index (χ0n) is 15.3. The molecule has 1 aliphatic rings. The predicted octanol–water partition coefficient (Wildman–Crippen LogP) is 3.62. The number of carbonyl (C=O) groups excluding carboxylic acids is 3. The molecule has 1 unspecified atom stereocenters. The van der Waals surface area contributed by atoms with Gasteiger partial charge in [-0.15, -0.1) is 11.3 Å². The van der Waals surface area contributed by atoms with E-state index < -0.39 is 12.0 Å². The lowest BCUT2D eigenvalue weighted by Gasteiger charge is -2.17. The quantitative estimate of drug-likeness (QED) is 0.584. The van der Waals surface area contributed by atoms with Gasteiger partial charge in [0, 0.05) is 17.4 Å². The SMILES string of the molecule is CC(=O)NC(CC(=O)OCC(=O)c1ccc2c(c1)CCCC2)c1cccs1. The van der Waals surface area contributed by atoms with Crippen molar-refractivity contribution in [3.63, 3.8) is 0 Å². The molecule has 142 valence electrons. The monoisotopic (exact) mass is 385 g/mol. The van der Waals surface area contributed by atoms with Gasteiger partial charge in [-0.1, -0.05) is 18.2 Å². The third-order valence-electron chi connectivity index (χ3n) is 4.67. The molecule has 6 heteroatoms. The summed E-state index contributed by atoms with van der Waals surface area (Å²) >= 11 is 1.46. The van der Waals surface area contributed by atoms with E-state index >= 15 is 0 Å². The number of ketones is 1. The lowest BCUT2D eigenvalue weighted by molar-refractivity contribution is -0.143. The molecule has 27 heavy (non-hydrogen) atoms. The van der Waals surface area contributed by atoms with Crippen molar-refractivity contribution in [1.82, 2.24) is 5.32 Å². The summed E-state index contributed by atoms with van der Waals surface area (Å²) in [6, 6.07) is 9.03. The summed E-state index contributed by atoms with van der Waals surface area (Å²) in [5.74, 6) is -0.927. The van der Waals surface area contributed by atoms with Crippen LogP contribution in [-0.2, 0) is 27.2 Å². The van der Waals surface area contributed by atoms with Crippen LogP contribution in [0.5, 0.6) is 0 Å². The third kappa shape index (κ3) is 5.26. The predicted molar refractivity (Wildman–Crippen MR) is 104 cm³/mol. The molecule has 1 heterocycles. The number of Topliss-reactive ketones (excluding diaryl/α,β-unsaturated/α-hetero) is 1. The van der Waals surface area contributed by atoms with Gasteiger partial charge in [0.2, 0.25) is 5.91 Å². The van der Waals surface area contributed by atoms with E-state index in [0.717, 1.165) is 24.1 Å². The van der Waals surface area contributed by atoms with Gasteiger partial charge in [-0.25, -0.2) is 0 Å². The molecule has 1 atom stereocenters. The van der Waals surface area contributed by atoms with Crippen LogP contribution >= 0.6 is 11.3 Å². The first-order valence-corrected chi connectivity index (χ1v) is 10.0. The molecule has 3 rings (SSSR count). The van der Waals surface area contributed by atoms with Crippen molar-refractivity contribution in [3.05, 3.63) is 57.3 Å². The maximum absolute atomic E-state index is 12.4. The number of rotatable bonds is 7. The Morgan fingerprint density at radius 3 is 2.63 bits per heavy atom. The molecule has 1 aromatic carbocycles. The standard InChI is InChI=1S/C21H23NO4S/c1-14(23)22-18(20-7-4-10-27-20)12-21(25)26-13-19(24)17-9-8-15-5-2-3-6-16(15)11-17/h4,7-11,18H,2-3,5-6,12-13H2,1H3,(H,22,23). The van der Waals surface area contributed by atoms with Gasteiger partial charge >= 0.3 is 5.97 Å². The minimum absolute atomic E-state index is 0.00242. The van der Waals surface area contributed by atoms with Crippen LogP contribution in [0.3, 0.4) is 0 Å². The lowest BCUT2D eigenvalue weighted by atomic mass is 9.90. The van der Waals surface area contributed by atoms with Crippen LogP contribution in [0.1, 0.15) is 58.6 Å². The number of aryl methyl sites for hydroxylation is 2. The van der Waals surface area contributed by atoms with Crippen molar-refractivity contribution in [2.75, 3.05) is 6.61 Å². The van der Waals surface area contributed by atoms with Gasteiger partial charge in [0.1, 0.15) is 0 Å². The molecule has 1 aliphatic carbocycles. The van der Waals surface area contributed by atoms with E-state index in [1.807, 2.05) is 35.7 Å². The highest BCUT2D eigenvalue weighted by molar-refractivity contribution is 7.10. The van der Waals surface area contributed by atoms with Gasteiger partial charge in [0.05, 0.1) is 12.5 Å². The highest BCUT2D eigenvalue weighted by Gasteiger charge is 2.20. The molecule has 1 N–H and O–H groups in total. The smallest absolute Gasteiger partial charge is 0.308 e. The van der Waals surface area contributed by atoms with E-state index in [9.17, 15) is 14.4 Å². The normalized spacial score (nSPS) is 14.1. The van der Waals surface area contributed by atoms with Gasteiger partial charge in [0.25, 0.3) is 0 Å². The topological polar surface area (TPSA) is 72.5 Å². The first kappa shape index (κ1) is 19.3. The van der Waals surface area contributed by atoms with E-state index in [4.69, 9.17) is 4.74 Å². The third-order valence-corrected chi connectivity index (χ3v) is 5.66. The fourth-order valence-corrected chi connectivity index (χ4v) is 4.10. The van der Waals surface area contributed by atoms with Crippen LogP contribution in [0.25, 0.3) is 0 Å². The summed E-state index contributed by atoms with van der Waals surface area (Å²) in [5.41, 5.74) is 3.12. The first-order valence-electron chi connectivity index (χ1n) is 9.14. The Balaban J connectivity index is 1.56. The number of amides is 1. The zero-order valence-corrected chi connectivity index (χ0v) is 16.1. The van der Waals surface area contributed by atoms with Crippen molar-refractivity contribution in [2.45, 2.75) is 45.1 Å². The highest BCUT2D eigenvalue weighted by Crippen LogP contribution is 2.24. The van der Waals surface area contributed by atoms with Crippen molar-refractivity contribution in [3.8, 4) is 0 Å². The molecule has 0 spiro atoms. The summed E-state index contributed by atoms with van der Waals surface area (Å²) in [7, 11) is 0. The largest absolute Gasteiger partial charge is 0.457 e. The minimum atomic E-state index is -0.506. The maximum Gasteiger partial charge on any atom is 0.308 e. The molecule has 0 aliphatic heterocycles. The van der Waals surface area contributed by atoms with Crippen LogP contribution in [0.2, 0.25) is 0 Å². The maximum atomic E-state index is 12.4. The summed E-state index contributed by atoms with van der Waals surface area (Å²) in [4.78, 5) is 36.8. The van der Waals surface area contributed by atoms with Crippen molar-refractivity contribution in [2.24, 2.45) is 0 Å². The fourth-order valence-electron chi connectivity index (χ4n) is 3.32. The number of thiophene rings is 1. The Kier molecular flexibility index (Phi) is 6.40.